The second kappa shape index (κ2) is 10.4. The fourth-order valence-electron chi connectivity index (χ4n) is 1.79. The van der Waals surface area contributed by atoms with Crippen molar-refractivity contribution in [2.45, 2.75) is 13.1 Å². The fourth-order valence-corrected chi connectivity index (χ4v) is 3.17. The summed E-state index contributed by atoms with van der Waals surface area (Å²) < 4.78 is 47.2. The average Bonchev–Trinajstić information content (AvgIpc) is 2.61. The summed E-state index contributed by atoms with van der Waals surface area (Å²) in [5.74, 6) is -0.505. The van der Waals surface area contributed by atoms with Gasteiger partial charge in [0.2, 0.25) is 10.0 Å². The van der Waals surface area contributed by atoms with Gasteiger partial charge in [0, 0.05) is 25.5 Å². The molecular weight excluding hydrogens is 365 g/mol. The summed E-state index contributed by atoms with van der Waals surface area (Å²) in [6.07, 6.45) is 3.48. The Labute approximate surface area is 150 Å². The molecule has 2 N–H and O–H groups in total. The summed E-state index contributed by atoms with van der Waals surface area (Å²) in [4.78, 5) is 4.01. The van der Waals surface area contributed by atoms with Crippen molar-refractivity contribution in [1.82, 2.24) is 14.4 Å². The van der Waals surface area contributed by atoms with Crippen LogP contribution < -0.4 is 9.44 Å². The number of hydrogen-bond donors (Lipinski definition) is 3. The predicted octanol–water partition coefficient (Wildman–Crippen LogP) is 1.59. The summed E-state index contributed by atoms with van der Waals surface area (Å²) in [7, 11) is -3.45. The first-order valence-corrected chi connectivity index (χ1v) is 10.1. The van der Waals surface area contributed by atoms with E-state index in [0.29, 0.717) is 12.1 Å². The third-order valence-corrected chi connectivity index (χ3v) is 4.99. The van der Waals surface area contributed by atoms with Crippen LogP contribution in [0.4, 0.5) is 4.39 Å². The molecule has 0 aliphatic carbocycles. The van der Waals surface area contributed by atoms with Crippen LogP contribution >= 0.6 is 11.5 Å². The minimum absolute atomic E-state index is 0.0559. The summed E-state index contributed by atoms with van der Waals surface area (Å²) in [5, 5.41) is 0. The van der Waals surface area contributed by atoms with Gasteiger partial charge < -0.3 is 4.74 Å². The van der Waals surface area contributed by atoms with E-state index in [4.69, 9.17) is 4.74 Å². The highest BCUT2D eigenvalue weighted by Crippen LogP contribution is 2.03. The highest BCUT2D eigenvalue weighted by atomic mass is 32.2. The van der Waals surface area contributed by atoms with E-state index >= 15 is 0 Å². The summed E-state index contributed by atoms with van der Waals surface area (Å²) in [6, 6.07) is 9.47. The molecule has 0 atom stereocenters. The van der Waals surface area contributed by atoms with E-state index in [1.165, 1.54) is 29.8 Å². The largest absolute Gasteiger partial charge is 0.346 e. The molecule has 1 aromatic heterocycles. The first-order chi connectivity index (χ1) is 12.1. The molecule has 0 saturated heterocycles. The molecule has 0 saturated carbocycles. The minimum Gasteiger partial charge on any atom is -0.346 e. The fraction of sp³-hybridized carbons (Fsp3) is 0.250. The molecule has 0 spiro atoms. The molecule has 136 valence electrons. The van der Waals surface area contributed by atoms with Gasteiger partial charge >= 0.3 is 0 Å². The summed E-state index contributed by atoms with van der Waals surface area (Å²) in [5.41, 5.74) is 3.25. The van der Waals surface area contributed by atoms with Gasteiger partial charge in [-0.2, -0.15) is 0 Å². The first-order valence-electron chi connectivity index (χ1n) is 7.52. The predicted molar refractivity (Wildman–Crippen MR) is 99.1 cm³/mol. The molecule has 0 aliphatic heterocycles. The average molecular weight is 385 g/mol. The van der Waals surface area contributed by atoms with Crippen LogP contribution in [0.3, 0.4) is 0 Å². The van der Waals surface area contributed by atoms with Crippen molar-refractivity contribution in [3.8, 4) is 0 Å². The van der Waals surface area contributed by atoms with Gasteiger partial charge in [-0.05, 0) is 29.3 Å². The Kier molecular flexibility index (Phi) is 8.16. The van der Waals surface area contributed by atoms with Crippen molar-refractivity contribution in [3.05, 3.63) is 65.7 Å². The van der Waals surface area contributed by atoms with E-state index < -0.39 is 10.0 Å². The minimum atomic E-state index is -3.45. The number of benzene rings is 1. The lowest BCUT2D eigenvalue weighted by molar-refractivity contribution is 0.351. The Morgan fingerprint density at radius 1 is 1.16 bits per heavy atom. The second-order valence-corrected chi connectivity index (χ2v) is 7.78. The maximum absolute atomic E-state index is 12.8. The smallest absolute Gasteiger partial charge is 0.214 e. The van der Waals surface area contributed by atoms with Crippen LogP contribution in [-0.4, -0.2) is 31.3 Å². The second-order valence-electron chi connectivity index (χ2n) is 5.07. The SMILES string of the molecule is O=S(=O)(CCOC=[SH]NCc1cccnc1)NCc1ccc(F)cc1. The van der Waals surface area contributed by atoms with Crippen LogP contribution in [0.25, 0.3) is 0 Å². The normalized spacial score (nSPS) is 12.2. The lowest BCUT2D eigenvalue weighted by Gasteiger charge is -2.06. The van der Waals surface area contributed by atoms with E-state index in [2.05, 4.69) is 14.4 Å². The Bertz CT molecular complexity index is 769. The molecular formula is C16H20FN3O3S2. The molecule has 0 aliphatic rings. The van der Waals surface area contributed by atoms with Crippen LogP contribution in [0, 0.1) is 5.82 Å². The molecule has 25 heavy (non-hydrogen) atoms. The van der Waals surface area contributed by atoms with Gasteiger partial charge in [-0.15, -0.1) is 11.5 Å². The third kappa shape index (κ3) is 8.32. The number of nitrogens with one attached hydrogen (secondary N) is 2. The van der Waals surface area contributed by atoms with E-state index in [1.807, 2.05) is 12.1 Å². The third-order valence-electron chi connectivity index (χ3n) is 3.10. The quantitative estimate of drug-likeness (QED) is 0.329. The van der Waals surface area contributed by atoms with Crippen molar-refractivity contribution >= 4 is 27.1 Å². The Morgan fingerprint density at radius 3 is 2.68 bits per heavy atom. The van der Waals surface area contributed by atoms with Gasteiger partial charge in [0.15, 0.2) is 0 Å². The topological polar surface area (TPSA) is 80.3 Å². The van der Waals surface area contributed by atoms with Crippen molar-refractivity contribution in [2.75, 3.05) is 12.4 Å². The van der Waals surface area contributed by atoms with E-state index in [-0.39, 0.29) is 24.7 Å². The van der Waals surface area contributed by atoms with Crippen LogP contribution in [0.5, 0.6) is 0 Å². The highest BCUT2D eigenvalue weighted by molar-refractivity contribution is 7.95. The van der Waals surface area contributed by atoms with Crippen LogP contribution in [-0.2, 0) is 27.8 Å². The van der Waals surface area contributed by atoms with Gasteiger partial charge in [0.25, 0.3) is 0 Å². The highest BCUT2D eigenvalue weighted by Gasteiger charge is 2.09. The molecule has 0 fully saturated rings. The maximum Gasteiger partial charge on any atom is 0.214 e. The molecule has 0 unspecified atom stereocenters. The number of hydrogen-bond acceptors (Lipinski definition) is 5. The van der Waals surface area contributed by atoms with Gasteiger partial charge in [-0.1, -0.05) is 18.2 Å². The molecule has 2 aromatic rings. The Balaban J connectivity index is 1.61. The first kappa shape index (κ1) is 19.7. The number of ether oxygens (including phenoxy) is 1. The van der Waals surface area contributed by atoms with Gasteiger partial charge in [-0.25, -0.2) is 17.5 Å². The molecule has 0 radical (unpaired) electrons. The molecule has 1 aromatic carbocycles. The van der Waals surface area contributed by atoms with Crippen molar-refractivity contribution in [3.63, 3.8) is 0 Å². The molecule has 1 heterocycles. The molecule has 0 bridgehead atoms. The summed E-state index contributed by atoms with van der Waals surface area (Å²) in [6.45, 7) is 0.824. The van der Waals surface area contributed by atoms with E-state index in [1.54, 1.807) is 12.4 Å². The molecule has 9 heteroatoms. The zero-order valence-electron chi connectivity index (χ0n) is 13.4. The number of thiol groups is 1. The summed E-state index contributed by atoms with van der Waals surface area (Å²) >= 11 is 0.743. The zero-order chi connectivity index (χ0) is 18.0. The van der Waals surface area contributed by atoms with Crippen LogP contribution in [0.2, 0.25) is 0 Å². The van der Waals surface area contributed by atoms with Crippen molar-refractivity contribution in [2.24, 2.45) is 0 Å². The Hall–Kier alpha value is -1.65. The maximum atomic E-state index is 12.8. The number of sulfonamides is 1. The monoisotopic (exact) mass is 385 g/mol. The molecule has 0 amide bonds. The lowest BCUT2D eigenvalue weighted by atomic mass is 10.2. The molecule has 2 rings (SSSR count). The van der Waals surface area contributed by atoms with Crippen molar-refractivity contribution < 1.29 is 17.5 Å². The standard InChI is InChI=1S/C16H20FN3O3S2/c17-16-5-3-14(4-6-16)12-20-25(21,22)9-8-23-13-24-19-11-15-2-1-7-18-10-15/h1-7,10,13,19-20,24H,8-9,11-12H2. The van der Waals surface area contributed by atoms with Crippen LogP contribution in [0.1, 0.15) is 11.1 Å². The van der Waals surface area contributed by atoms with Gasteiger partial charge in [0.05, 0.1) is 17.9 Å². The number of pyridine rings is 1. The zero-order valence-corrected chi connectivity index (χ0v) is 15.1. The van der Waals surface area contributed by atoms with Gasteiger partial charge in [-0.3, -0.25) is 9.71 Å². The number of rotatable bonds is 10. The van der Waals surface area contributed by atoms with Crippen molar-refractivity contribution in [1.29, 1.82) is 0 Å². The number of halogens is 1. The number of nitrogens with zero attached hydrogens (tertiary/aromatic N) is 1. The van der Waals surface area contributed by atoms with Gasteiger partial charge in [0.1, 0.15) is 5.82 Å². The lowest BCUT2D eigenvalue weighted by Crippen LogP contribution is -2.27. The van der Waals surface area contributed by atoms with Crippen LogP contribution in [0.15, 0.2) is 48.8 Å². The number of aromatic nitrogens is 1. The Morgan fingerprint density at radius 2 is 1.96 bits per heavy atom. The molecule has 6 nitrogen and oxygen atoms in total. The van der Waals surface area contributed by atoms with E-state index in [0.717, 1.165) is 17.1 Å². The van der Waals surface area contributed by atoms with E-state index in [9.17, 15) is 12.8 Å².